The molecule has 0 amide bonds. The molecular weight excluding hydrogens is 375 g/mol. The molecule has 4 aromatic rings. The first-order valence-corrected chi connectivity index (χ1v) is 8.12. The number of thiazole rings is 1. The number of aromatic nitrogens is 3. The van der Waals surface area contributed by atoms with E-state index in [1.165, 1.54) is 29.8 Å². The van der Waals surface area contributed by atoms with E-state index in [2.05, 4.69) is 21.0 Å². The summed E-state index contributed by atoms with van der Waals surface area (Å²) in [5.74, 6) is 1.14. The second-order valence-corrected chi connectivity index (χ2v) is 6.13. The standard InChI is InChI=1S/C18H10N4O2S.K.H/c19-8-12-7-11(17-22-15-9-20-10-21-18(15)25-17)1-6-16(12)24-14-4-2-13(23)3-5-14;;/h1-7,9-10,23H;;/q;+1;-1. The molecule has 2 heterocycles. The molecule has 4 rings (SSSR count). The predicted molar refractivity (Wildman–Crippen MR) is 94.7 cm³/mol. The zero-order valence-electron chi connectivity index (χ0n) is 14.7. The molecule has 0 atom stereocenters. The van der Waals surface area contributed by atoms with Crippen LogP contribution in [0, 0.1) is 11.3 Å². The van der Waals surface area contributed by atoms with E-state index in [4.69, 9.17) is 4.74 Å². The molecule has 0 radical (unpaired) electrons. The third-order valence-electron chi connectivity index (χ3n) is 3.48. The van der Waals surface area contributed by atoms with Crippen molar-refractivity contribution in [1.29, 1.82) is 5.26 Å². The van der Waals surface area contributed by atoms with Crippen LogP contribution in [0.4, 0.5) is 0 Å². The van der Waals surface area contributed by atoms with Crippen LogP contribution >= 0.6 is 11.3 Å². The van der Waals surface area contributed by atoms with Crippen molar-refractivity contribution < 1.29 is 62.7 Å². The summed E-state index contributed by atoms with van der Waals surface area (Å²) in [5, 5.41) is 19.5. The van der Waals surface area contributed by atoms with E-state index in [-0.39, 0.29) is 58.6 Å². The third kappa shape index (κ3) is 3.93. The number of hydrogen-bond donors (Lipinski definition) is 1. The smallest absolute Gasteiger partial charge is 1.00 e. The second kappa shape index (κ2) is 8.22. The van der Waals surface area contributed by atoms with Crippen molar-refractivity contribution in [3.63, 3.8) is 0 Å². The maximum Gasteiger partial charge on any atom is 1.00 e. The average Bonchev–Trinajstić information content (AvgIpc) is 3.08. The predicted octanol–water partition coefficient (Wildman–Crippen LogP) is 1.24. The van der Waals surface area contributed by atoms with E-state index in [0.29, 0.717) is 17.1 Å². The number of nitrogens with zero attached hydrogens (tertiary/aromatic N) is 4. The quantitative estimate of drug-likeness (QED) is 0.533. The molecule has 1 N–H and O–H groups in total. The minimum absolute atomic E-state index is 0. The minimum atomic E-state index is 0. The summed E-state index contributed by atoms with van der Waals surface area (Å²) in [6, 6.07) is 13.8. The molecule has 0 unspecified atom stereocenters. The van der Waals surface area contributed by atoms with Gasteiger partial charge in [0.1, 0.15) is 45.0 Å². The van der Waals surface area contributed by atoms with Gasteiger partial charge in [-0.3, -0.25) is 0 Å². The Morgan fingerprint density at radius 1 is 1.15 bits per heavy atom. The third-order valence-corrected chi connectivity index (χ3v) is 4.51. The van der Waals surface area contributed by atoms with Gasteiger partial charge in [-0.2, -0.15) is 5.26 Å². The molecule has 6 nitrogen and oxygen atoms in total. The van der Waals surface area contributed by atoms with E-state index in [1.807, 2.05) is 6.07 Å². The molecular formula is C18H11KN4O2S. The molecule has 26 heavy (non-hydrogen) atoms. The maximum absolute atomic E-state index is 9.44. The Labute approximate surface area is 197 Å². The first-order chi connectivity index (χ1) is 12.2. The number of phenolic OH excluding ortho intramolecular Hbond substituents is 1. The van der Waals surface area contributed by atoms with Crippen LogP contribution in [0.1, 0.15) is 6.99 Å². The van der Waals surface area contributed by atoms with Gasteiger partial charge in [-0.25, -0.2) is 15.0 Å². The average molecular weight is 386 g/mol. The number of hydrogen-bond acceptors (Lipinski definition) is 7. The molecule has 2 aromatic carbocycles. The van der Waals surface area contributed by atoms with Gasteiger partial charge >= 0.3 is 51.4 Å². The summed E-state index contributed by atoms with van der Waals surface area (Å²) < 4.78 is 5.73. The second-order valence-electron chi connectivity index (χ2n) is 5.15. The number of ether oxygens (including phenoxy) is 1. The Bertz CT molecular complexity index is 1080. The molecule has 0 spiro atoms. The van der Waals surface area contributed by atoms with Gasteiger partial charge in [0.05, 0.1) is 11.8 Å². The van der Waals surface area contributed by atoms with E-state index < -0.39 is 0 Å². The van der Waals surface area contributed by atoms with Gasteiger partial charge < -0.3 is 11.3 Å². The van der Waals surface area contributed by atoms with Gasteiger partial charge in [0, 0.05) is 5.56 Å². The number of fused-ring (bicyclic) bond motifs is 1. The van der Waals surface area contributed by atoms with Gasteiger partial charge in [0.2, 0.25) is 0 Å². The first kappa shape index (κ1) is 18.9. The maximum atomic E-state index is 9.44. The fourth-order valence-electron chi connectivity index (χ4n) is 2.29. The SMILES string of the molecule is N#Cc1cc(-c2nc3cncnc3s2)ccc1Oc1ccc(O)cc1.[H-].[K+]. The van der Waals surface area contributed by atoms with Crippen LogP contribution in [-0.2, 0) is 0 Å². The topological polar surface area (TPSA) is 91.9 Å². The molecule has 8 heteroatoms. The number of phenols is 1. The molecule has 0 bridgehead atoms. The monoisotopic (exact) mass is 386 g/mol. The molecule has 0 aliphatic carbocycles. The van der Waals surface area contributed by atoms with E-state index >= 15 is 0 Å². The molecule has 2 aromatic heterocycles. The van der Waals surface area contributed by atoms with Gasteiger partial charge in [-0.15, -0.1) is 0 Å². The zero-order chi connectivity index (χ0) is 17.2. The Kier molecular flexibility index (Phi) is 5.98. The summed E-state index contributed by atoms with van der Waals surface area (Å²) in [6.07, 6.45) is 3.15. The van der Waals surface area contributed by atoms with Crippen LogP contribution in [-0.4, -0.2) is 20.1 Å². The molecule has 122 valence electrons. The first-order valence-electron chi connectivity index (χ1n) is 7.31. The van der Waals surface area contributed by atoms with Gasteiger partial charge in [-0.1, -0.05) is 11.3 Å². The largest absolute Gasteiger partial charge is 1.00 e. The van der Waals surface area contributed by atoms with Crippen molar-refractivity contribution in [2.24, 2.45) is 0 Å². The van der Waals surface area contributed by atoms with Crippen LogP contribution in [0.5, 0.6) is 17.2 Å². The molecule has 0 aliphatic rings. The summed E-state index contributed by atoms with van der Waals surface area (Å²) in [5.41, 5.74) is 1.94. The summed E-state index contributed by atoms with van der Waals surface area (Å²) in [4.78, 5) is 13.4. The number of nitriles is 1. The Morgan fingerprint density at radius 2 is 1.96 bits per heavy atom. The Hall–Kier alpha value is -1.86. The fraction of sp³-hybridized carbons (Fsp3) is 0. The number of benzene rings is 2. The summed E-state index contributed by atoms with van der Waals surface area (Å²) >= 11 is 1.44. The number of aromatic hydroxyl groups is 1. The van der Waals surface area contributed by atoms with Crippen LogP contribution in [0.2, 0.25) is 0 Å². The van der Waals surface area contributed by atoms with Crippen molar-refractivity contribution >= 4 is 21.7 Å². The van der Waals surface area contributed by atoms with E-state index in [0.717, 1.165) is 20.9 Å². The fourth-order valence-corrected chi connectivity index (χ4v) is 3.17. The molecule has 0 fully saturated rings. The Morgan fingerprint density at radius 3 is 2.69 bits per heavy atom. The van der Waals surface area contributed by atoms with Crippen LogP contribution < -0.4 is 56.1 Å². The van der Waals surface area contributed by atoms with Crippen LogP contribution in [0.3, 0.4) is 0 Å². The van der Waals surface area contributed by atoms with Crippen molar-refractivity contribution in [1.82, 2.24) is 15.0 Å². The summed E-state index contributed by atoms with van der Waals surface area (Å²) in [6.45, 7) is 0. The zero-order valence-corrected chi connectivity index (χ0v) is 17.7. The van der Waals surface area contributed by atoms with Crippen molar-refractivity contribution in [3.05, 3.63) is 60.6 Å². The van der Waals surface area contributed by atoms with Crippen LogP contribution in [0.25, 0.3) is 20.9 Å². The Balaban J connectivity index is 0.00000131. The van der Waals surface area contributed by atoms with Crippen molar-refractivity contribution in [2.45, 2.75) is 0 Å². The van der Waals surface area contributed by atoms with Gasteiger partial charge in [0.25, 0.3) is 0 Å². The number of rotatable bonds is 3. The van der Waals surface area contributed by atoms with E-state index in [9.17, 15) is 10.4 Å². The molecule has 0 aliphatic heterocycles. The summed E-state index contributed by atoms with van der Waals surface area (Å²) in [7, 11) is 0. The van der Waals surface area contributed by atoms with Crippen molar-refractivity contribution in [3.8, 4) is 33.9 Å². The van der Waals surface area contributed by atoms with Gasteiger partial charge in [-0.05, 0) is 42.5 Å². The molecule has 0 saturated heterocycles. The minimum Gasteiger partial charge on any atom is -1.00 e. The van der Waals surface area contributed by atoms with Crippen molar-refractivity contribution in [2.75, 3.05) is 0 Å². The molecule has 0 saturated carbocycles. The van der Waals surface area contributed by atoms with Gasteiger partial charge in [0.15, 0.2) is 0 Å². The van der Waals surface area contributed by atoms with Crippen LogP contribution in [0.15, 0.2) is 55.0 Å². The normalized spacial score (nSPS) is 10.1. The van der Waals surface area contributed by atoms with E-state index in [1.54, 1.807) is 30.5 Å².